The Balaban J connectivity index is 1.82. The molecule has 1 aromatic heterocycles. The van der Waals surface area contributed by atoms with Gasteiger partial charge in [0.05, 0.1) is 10.5 Å². The number of hydrogen-bond donors (Lipinski definition) is 1. The van der Waals surface area contributed by atoms with Gasteiger partial charge in [0.15, 0.2) is 0 Å². The molecule has 1 aromatic carbocycles. The third-order valence-electron chi connectivity index (χ3n) is 5.78. The van der Waals surface area contributed by atoms with Gasteiger partial charge in [-0.25, -0.2) is 8.42 Å². The molecule has 1 saturated heterocycles. The summed E-state index contributed by atoms with van der Waals surface area (Å²) in [6.07, 6.45) is 4.46. The van der Waals surface area contributed by atoms with Gasteiger partial charge in [-0.1, -0.05) is 13.8 Å². The number of likely N-dealkylation sites (tertiary alicyclic amines) is 1. The van der Waals surface area contributed by atoms with Crippen molar-refractivity contribution < 1.29 is 18.0 Å². The molecule has 2 aromatic rings. The van der Waals surface area contributed by atoms with Gasteiger partial charge in [0.2, 0.25) is 10.0 Å². The van der Waals surface area contributed by atoms with Crippen LogP contribution in [0.4, 0.5) is 5.69 Å². The number of amides is 2. The molecule has 1 N–H and O–H groups in total. The maximum atomic E-state index is 12.8. The Morgan fingerprint density at radius 2 is 1.61 bits per heavy atom. The van der Waals surface area contributed by atoms with Gasteiger partial charge in [0, 0.05) is 45.0 Å². The van der Waals surface area contributed by atoms with Gasteiger partial charge in [-0.2, -0.15) is 4.31 Å². The Kier molecular flexibility index (Phi) is 7.70. The summed E-state index contributed by atoms with van der Waals surface area (Å²) in [6, 6.07) is 6.95. The zero-order valence-electron chi connectivity index (χ0n) is 19.2. The van der Waals surface area contributed by atoms with Crippen molar-refractivity contribution in [2.75, 3.05) is 31.5 Å². The number of rotatable bonds is 7. The molecule has 3 rings (SSSR count). The van der Waals surface area contributed by atoms with Crippen LogP contribution in [0.1, 0.15) is 53.8 Å². The van der Waals surface area contributed by atoms with Gasteiger partial charge >= 0.3 is 0 Å². The number of hydrogen-bond acceptors (Lipinski definition) is 5. The van der Waals surface area contributed by atoms with Crippen LogP contribution >= 0.6 is 0 Å². The molecule has 1 aliphatic heterocycles. The first-order valence-corrected chi connectivity index (χ1v) is 12.5. The molecule has 1 aliphatic rings. The van der Waals surface area contributed by atoms with Crippen LogP contribution < -0.4 is 10.9 Å². The van der Waals surface area contributed by atoms with E-state index in [1.165, 1.54) is 52.4 Å². The summed E-state index contributed by atoms with van der Waals surface area (Å²) in [5.74, 6) is -0.742. The van der Waals surface area contributed by atoms with Crippen molar-refractivity contribution in [1.82, 2.24) is 13.8 Å². The van der Waals surface area contributed by atoms with Gasteiger partial charge in [-0.05, 0) is 49.6 Å². The van der Waals surface area contributed by atoms with E-state index in [-0.39, 0.29) is 22.1 Å². The van der Waals surface area contributed by atoms with Crippen molar-refractivity contribution in [3.8, 4) is 0 Å². The van der Waals surface area contributed by atoms with Crippen LogP contribution in [0.3, 0.4) is 0 Å². The second-order valence-corrected chi connectivity index (χ2v) is 9.92. The van der Waals surface area contributed by atoms with E-state index in [9.17, 15) is 22.8 Å². The highest BCUT2D eigenvalue weighted by Crippen LogP contribution is 2.18. The fourth-order valence-electron chi connectivity index (χ4n) is 3.88. The van der Waals surface area contributed by atoms with Crippen LogP contribution in [0.5, 0.6) is 0 Å². The molecule has 0 atom stereocenters. The average molecular weight is 475 g/mol. The van der Waals surface area contributed by atoms with E-state index in [1.54, 1.807) is 18.7 Å². The Bertz CT molecular complexity index is 1180. The van der Waals surface area contributed by atoms with Gasteiger partial charge in [-0.3, -0.25) is 14.4 Å². The molecule has 0 spiro atoms. The van der Waals surface area contributed by atoms with Gasteiger partial charge in [0.1, 0.15) is 5.69 Å². The Labute approximate surface area is 194 Å². The number of pyridine rings is 1. The predicted octanol–water partition coefficient (Wildman–Crippen LogP) is 2.29. The molecule has 0 aliphatic carbocycles. The Hall–Kier alpha value is -2.98. The molecule has 2 heterocycles. The number of aryl methyl sites for hydroxylation is 1. The number of nitrogens with one attached hydrogen (secondary N) is 1. The normalized spacial score (nSPS) is 14.4. The van der Waals surface area contributed by atoms with Crippen molar-refractivity contribution in [2.24, 2.45) is 7.05 Å². The highest BCUT2D eigenvalue weighted by molar-refractivity contribution is 7.89. The summed E-state index contributed by atoms with van der Waals surface area (Å²) < 4.78 is 27.9. The second-order valence-electron chi connectivity index (χ2n) is 7.98. The largest absolute Gasteiger partial charge is 0.339 e. The first-order valence-electron chi connectivity index (χ1n) is 11.1. The molecule has 9 nitrogen and oxygen atoms in total. The smallest absolute Gasteiger partial charge is 0.274 e. The minimum Gasteiger partial charge on any atom is -0.339 e. The van der Waals surface area contributed by atoms with Crippen LogP contribution in [0.15, 0.2) is 46.2 Å². The summed E-state index contributed by atoms with van der Waals surface area (Å²) in [5, 5.41) is 2.57. The standard InChI is InChI=1S/C23H30N4O5S/c1-4-27(5-2)33(31,32)19-11-9-17(10-12-19)21(28)24-20-15-18(16-25(3)23(20)30)22(29)26-13-7-6-8-14-26/h9-12,15-16H,4-8,13-14H2,1-3H3,(H,24,28). The molecule has 0 saturated carbocycles. The fourth-order valence-corrected chi connectivity index (χ4v) is 5.34. The SMILES string of the molecule is CCN(CC)S(=O)(=O)c1ccc(C(=O)Nc2cc(C(=O)N3CCCCC3)cn(C)c2=O)cc1. The summed E-state index contributed by atoms with van der Waals surface area (Å²) in [4.78, 5) is 40.0. The summed E-state index contributed by atoms with van der Waals surface area (Å²) >= 11 is 0. The van der Waals surface area contributed by atoms with E-state index in [0.717, 1.165) is 19.3 Å². The predicted molar refractivity (Wildman–Crippen MR) is 126 cm³/mol. The molecule has 178 valence electrons. The molecule has 10 heteroatoms. The monoisotopic (exact) mass is 474 g/mol. The van der Waals surface area contributed by atoms with E-state index < -0.39 is 21.5 Å². The lowest BCUT2D eigenvalue weighted by Crippen LogP contribution is -2.36. The van der Waals surface area contributed by atoms with E-state index in [4.69, 9.17) is 0 Å². The number of piperidine rings is 1. The number of carbonyl (C=O) groups excluding carboxylic acids is 2. The quantitative estimate of drug-likeness (QED) is 0.662. The van der Waals surface area contributed by atoms with E-state index in [0.29, 0.717) is 31.7 Å². The van der Waals surface area contributed by atoms with Crippen molar-refractivity contribution in [3.63, 3.8) is 0 Å². The van der Waals surface area contributed by atoms with E-state index >= 15 is 0 Å². The number of sulfonamides is 1. The van der Waals surface area contributed by atoms with Gasteiger partial charge in [-0.15, -0.1) is 0 Å². The number of aromatic nitrogens is 1. The van der Waals surface area contributed by atoms with Crippen LogP contribution in [-0.2, 0) is 17.1 Å². The highest BCUT2D eigenvalue weighted by atomic mass is 32.2. The molecular formula is C23H30N4O5S. The lowest BCUT2D eigenvalue weighted by molar-refractivity contribution is 0.0723. The molecule has 33 heavy (non-hydrogen) atoms. The average Bonchev–Trinajstić information content (AvgIpc) is 2.82. The molecule has 0 bridgehead atoms. The lowest BCUT2D eigenvalue weighted by atomic mass is 10.1. The third kappa shape index (κ3) is 5.33. The number of anilines is 1. The maximum Gasteiger partial charge on any atom is 0.274 e. The van der Waals surface area contributed by atoms with Crippen molar-refractivity contribution in [1.29, 1.82) is 0 Å². The first kappa shape index (κ1) is 24.7. The fraction of sp³-hybridized carbons (Fsp3) is 0.435. The molecule has 1 fully saturated rings. The minimum atomic E-state index is -3.63. The molecule has 0 unspecified atom stereocenters. The van der Waals surface area contributed by atoms with Crippen LogP contribution in [0.25, 0.3) is 0 Å². The van der Waals surface area contributed by atoms with E-state index in [2.05, 4.69) is 5.32 Å². The number of carbonyl (C=O) groups is 2. The number of benzene rings is 1. The van der Waals surface area contributed by atoms with Crippen LogP contribution in [0.2, 0.25) is 0 Å². The Morgan fingerprint density at radius 3 is 2.18 bits per heavy atom. The molecular weight excluding hydrogens is 444 g/mol. The minimum absolute atomic E-state index is 0.00908. The molecule has 0 radical (unpaired) electrons. The third-order valence-corrected chi connectivity index (χ3v) is 7.85. The van der Waals surface area contributed by atoms with Gasteiger partial charge < -0.3 is 14.8 Å². The van der Waals surface area contributed by atoms with Crippen LogP contribution in [-0.4, -0.2) is 60.2 Å². The topological polar surface area (TPSA) is 109 Å². The lowest BCUT2D eigenvalue weighted by Gasteiger charge is -2.27. The zero-order chi connectivity index (χ0) is 24.2. The summed E-state index contributed by atoms with van der Waals surface area (Å²) in [7, 11) is -2.11. The van der Waals surface area contributed by atoms with Crippen molar-refractivity contribution >= 4 is 27.5 Å². The van der Waals surface area contributed by atoms with Crippen molar-refractivity contribution in [2.45, 2.75) is 38.0 Å². The Morgan fingerprint density at radius 1 is 1.00 bits per heavy atom. The first-order chi connectivity index (χ1) is 15.7. The second kappa shape index (κ2) is 10.3. The summed E-state index contributed by atoms with van der Waals surface area (Å²) in [6.45, 7) is 5.55. The summed E-state index contributed by atoms with van der Waals surface area (Å²) in [5.41, 5.74) is 0.0720. The number of nitrogens with zero attached hydrogens (tertiary/aromatic N) is 3. The van der Waals surface area contributed by atoms with Gasteiger partial charge in [0.25, 0.3) is 17.4 Å². The highest BCUT2D eigenvalue weighted by Gasteiger charge is 2.23. The van der Waals surface area contributed by atoms with Crippen LogP contribution in [0, 0.1) is 0 Å². The van der Waals surface area contributed by atoms with E-state index in [1.807, 2.05) is 0 Å². The van der Waals surface area contributed by atoms with Crippen molar-refractivity contribution in [3.05, 3.63) is 58.0 Å². The molecule has 2 amide bonds. The maximum absolute atomic E-state index is 12.8. The zero-order valence-corrected chi connectivity index (χ0v) is 20.0.